The van der Waals surface area contributed by atoms with E-state index in [2.05, 4.69) is 4.74 Å². The van der Waals surface area contributed by atoms with Crippen molar-refractivity contribution in [2.24, 2.45) is 0 Å². The maximum Gasteiger partial charge on any atom is 0.380 e. The molecular weight excluding hydrogens is 273 g/mol. The molecule has 1 atom stereocenters. The van der Waals surface area contributed by atoms with Crippen molar-refractivity contribution in [3.8, 4) is 0 Å². The molecule has 0 aliphatic heterocycles. The van der Waals surface area contributed by atoms with Gasteiger partial charge in [0.2, 0.25) is 0 Å². The number of esters is 1. The fourth-order valence-electron chi connectivity index (χ4n) is 1.29. The number of rotatable bonds is 4. The van der Waals surface area contributed by atoms with Gasteiger partial charge < -0.3 is 9.84 Å². The summed E-state index contributed by atoms with van der Waals surface area (Å²) >= 11 is 5.53. The van der Waals surface area contributed by atoms with Crippen molar-refractivity contribution in [3.63, 3.8) is 0 Å². The van der Waals surface area contributed by atoms with E-state index in [-0.39, 0.29) is 6.61 Å². The van der Waals surface area contributed by atoms with Gasteiger partial charge in [-0.15, -0.1) is 0 Å². The number of ether oxygens (including phenoxy) is 1. The molecule has 0 heterocycles. The molecule has 18 heavy (non-hydrogen) atoms. The van der Waals surface area contributed by atoms with Crippen molar-refractivity contribution in [2.45, 2.75) is 19.0 Å². The molecule has 0 aliphatic carbocycles. The summed E-state index contributed by atoms with van der Waals surface area (Å²) in [5.41, 5.74) is -0.836. The summed E-state index contributed by atoms with van der Waals surface area (Å²) < 4.78 is 44.5. The Balaban J connectivity index is 3.13. The third kappa shape index (κ3) is 2.76. The van der Waals surface area contributed by atoms with E-state index in [4.69, 9.17) is 11.6 Å². The van der Waals surface area contributed by atoms with Gasteiger partial charge in [-0.2, -0.15) is 8.78 Å². The lowest BCUT2D eigenvalue weighted by Crippen LogP contribution is -2.38. The van der Waals surface area contributed by atoms with Crippen LogP contribution in [0.25, 0.3) is 0 Å². The first-order valence-corrected chi connectivity index (χ1v) is 5.37. The van der Waals surface area contributed by atoms with Crippen LogP contribution in [0.2, 0.25) is 5.02 Å². The molecule has 0 aliphatic rings. The minimum atomic E-state index is -4.28. The topological polar surface area (TPSA) is 46.5 Å². The Morgan fingerprint density at radius 1 is 1.56 bits per heavy atom. The van der Waals surface area contributed by atoms with Crippen LogP contribution in [0.4, 0.5) is 13.2 Å². The number of carbonyl (C=O) groups excluding carboxylic acids is 1. The van der Waals surface area contributed by atoms with Gasteiger partial charge in [0.05, 0.1) is 6.61 Å². The summed E-state index contributed by atoms with van der Waals surface area (Å²) in [7, 11) is 0. The number of carbonyl (C=O) groups is 1. The third-order valence-electron chi connectivity index (χ3n) is 2.16. The summed E-state index contributed by atoms with van der Waals surface area (Å²) in [4.78, 5) is 11.0. The van der Waals surface area contributed by atoms with E-state index in [0.29, 0.717) is 0 Å². The van der Waals surface area contributed by atoms with Crippen LogP contribution in [0.15, 0.2) is 18.2 Å². The first kappa shape index (κ1) is 14.8. The third-order valence-corrected chi connectivity index (χ3v) is 2.49. The highest BCUT2D eigenvalue weighted by molar-refractivity contribution is 6.31. The minimum Gasteiger partial charge on any atom is -0.461 e. The van der Waals surface area contributed by atoms with E-state index in [1.165, 1.54) is 13.0 Å². The maximum absolute atomic E-state index is 13.5. The fourth-order valence-corrected chi connectivity index (χ4v) is 1.56. The van der Waals surface area contributed by atoms with Gasteiger partial charge in [-0.25, -0.2) is 9.18 Å². The summed E-state index contributed by atoms with van der Waals surface area (Å²) in [6, 6.07) is 3.17. The largest absolute Gasteiger partial charge is 0.461 e. The van der Waals surface area contributed by atoms with Crippen molar-refractivity contribution in [2.75, 3.05) is 6.61 Å². The molecule has 1 aromatic carbocycles. The summed E-state index contributed by atoms with van der Waals surface area (Å²) in [5, 5.41) is 9.03. The molecule has 0 saturated carbocycles. The predicted octanol–water partition coefficient (Wildman–Crippen LogP) is 2.71. The Bertz CT molecular complexity index is 431. The number of hydrogen-bond donors (Lipinski definition) is 1. The highest BCUT2D eigenvalue weighted by Crippen LogP contribution is 2.37. The smallest absolute Gasteiger partial charge is 0.380 e. The van der Waals surface area contributed by atoms with Crippen LogP contribution in [0.1, 0.15) is 18.6 Å². The molecule has 100 valence electrons. The average molecular weight is 283 g/mol. The zero-order valence-corrected chi connectivity index (χ0v) is 10.0. The number of aliphatic hydroxyl groups is 1. The van der Waals surface area contributed by atoms with Crippen LogP contribution in [0.3, 0.4) is 0 Å². The molecule has 0 bridgehead atoms. The quantitative estimate of drug-likeness (QED) is 0.864. The van der Waals surface area contributed by atoms with Crippen molar-refractivity contribution in [3.05, 3.63) is 34.6 Å². The Kier molecular flexibility index (Phi) is 4.59. The molecule has 0 amide bonds. The van der Waals surface area contributed by atoms with E-state index >= 15 is 0 Å². The van der Waals surface area contributed by atoms with Crippen molar-refractivity contribution >= 4 is 17.6 Å². The molecule has 0 saturated heterocycles. The Morgan fingerprint density at radius 2 is 2.17 bits per heavy atom. The van der Waals surface area contributed by atoms with Crippen LogP contribution in [0, 0.1) is 5.82 Å². The van der Waals surface area contributed by atoms with Gasteiger partial charge in [-0.3, -0.25) is 0 Å². The molecular formula is C11H10ClF3O3. The molecule has 0 spiro atoms. The number of aliphatic hydroxyl groups excluding tert-OH is 1. The Labute approximate surface area is 106 Å². The van der Waals surface area contributed by atoms with Crippen LogP contribution < -0.4 is 0 Å². The van der Waals surface area contributed by atoms with Gasteiger partial charge in [0, 0.05) is 10.6 Å². The number of alkyl halides is 2. The second kappa shape index (κ2) is 5.58. The molecule has 3 nitrogen and oxygen atoms in total. The average Bonchev–Trinajstić information content (AvgIpc) is 2.28. The molecule has 0 radical (unpaired) electrons. The lowest BCUT2D eigenvalue weighted by Gasteiger charge is -2.21. The van der Waals surface area contributed by atoms with E-state index in [1.807, 2.05) is 0 Å². The summed E-state index contributed by atoms with van der Waals surface area (Å²) in [5.74, 6) is -7.34. The SMILES string of the molecule is CCOC(=O)C(F)(F)C(O)c1c(F)cccc1Cl. The van der Waals surface area contributed by atoms with Gasteiger partial charge in [0.1, 0.15) is 5.82 Å². The number of halogens is 4. The van der Waals surface area contributed by atoms with Crippen LogP contribution in [0.5, 0.6) is 0 Å². The summed E-state index contributed by atoms with van der Waals surface area (Å²) in [6.07, 6.45) is -2.70. The maximum atomic E-state index is 13.5. The Hall–Kier alpha value is -1.27. The molecule has 0 fully saturated rings. The normalized spacial score (nSPS) is 13.2. The first-order valence-electron chi connectivity index (χ1n) is 4.99. The lowest BCUT2D eigenvalue weighted by atomic mass is 10.0. The second-order valence-electron chi connectivity index (χ2n) is 3.38. The van der Waals surface area contributed by atoms with Gasteiger partial charge in [-0.1, -0.05) is 17.7 Å². The lowest BCUT2D eigenvalue weighted by molar-refractivity contribution is -0.189. The van der Waals surface area contributed by atoms with Crippen LogP contribution in [-0.2, 0) is 9.53 Å². The van der Waals surface area contributed by atoms with E-state index < -0.39 is 34.4 Å². The van der Waals surface area contributed by atoms with E-state index in [1.54, 1.807) is 0 Å². The standard InChI is InChI=1S/C11H10ClF3O3/c1-2-18-10(17)11(14,15)9(16)8-6(12)4-3-5-7(8)13/h3-5,9,16H,2H2,1H3. The molecule has 1 rings (SSSR count). The molecule has 7 heteroatoms. The van der Waals surface area contributed by atoms with Gasteiger partial charge in [-0.05, 0) is 19.1 Å². The van der Waals surface area contributed by atoms with Crippen molar-refractivity contribution in [1.82, 2.24) is 0 Å². The second-order valence-corrected chi connectivity index (χ2v) is 3.79. The van der Waals surface area contributed by atoms with Gasteiger partial charge in [0.25, 0.3) is 0 Å². The fraction of sp³-hybridized carbons (Fsp3) is 0.364. The van der Waals surface area contributed by atoms with Crippen molar-refractivity contribution in [1.29, 1.82) is 0 Å². The molecule has 1 N–H and O–H groups in total. The monoisotopic (exact) mass is 282 g/mol. The van der Waals surface area contributed by atoms with E-state index in [0.717, 1.165) is 12.1 Å². The highest BCUT2D eigenvalue weighted by Gasteiger charge is 2.50. The number of hydrogen-bond acceptors (Lipinski definition) is 3. The Morgan fingerprint density at radius 3 is 2.67 bits per heavy atom. The molecule has 0 aromatic heterocycles. The van der Waals surface area contributed by atoms with Crippen LogP contribution >= 0.6 is 11.6 Å². The molecule has 1 aromatic rings. The highest BCUT2D eigenvalue weighted by atomic mass is 35.5. The van der Waals surface area contributed by atoms with Crippen LogP contribution in [-0.4, -0.2) is 23.6 Å². The zero-order valence-electron chi connectivity index (χ0n) is 9.29. The zero-order chi connectivity index (χ0) is 13.9. The van der Waals surface area contributed by atoms with Gasteiger partial charge >= 0.3 is 11.9 Å². The number of benzene rings is 1. The van der Waals surface area contributed by atoms with Crippen molar-refractivity contribution < 1.29 is 27.8 Å². The van der Waals surface area contributed by atoms with Gasteiger partial charge in [0.15, 0.2) is 6.10 Å². The van der Waals surface area contributed by atoms with E-state index in [9.17, 15) is 23.1 Å². The predicted molar refractivity (Wildman–Crippen MR) is 57.9 cm³/mol. The first-order chi connectivity index (χ1) is 8.32. The minimum absolute atomic E-state index is 0.286. The summed E-state index contributed by atoms with van der Waals surface area (Å²) in [6.45, 7) is 1.04. The molecule has 1 unspecified atom stereocenters.